The third-order valence-electron chi connectivity index (χ3n) is 4.90. The van der Waals surface area contributed by atoms with Crippen molar-refractivity contribution < 1.29 is 9.53 Å². The van der Waals surface area contributed by atoms with E-state index >= 15 is 0 Å². The highest BCUT2D eigenvalue weighted by Gasteiger charge is 2.34. The molecule has 0 saturated heterocycles. The molecular formula is C15H24N4O2. The number of carbonyl (C=O) groups excluding carboxylic acids is 1. The van der Waals surface area contributed by atoms with E-state index in [0.29, 0.717) is 24.3 Å². The minimum absolute atomic E-state index is 0.0965. The summed E-state index contributed by atoms with van der Waals surface area (Å²) < 4.78 is 5.41. The third-order valence-corrected chi connectivity index (χ3v) is 4.90. The van der Waals surface area contributed by atoms with Crippen LogP contribution in [0.5, 0.6) is 0 Å². The van der Waals surface area contributed by atoms with Crippen molar-refractivity contribution in [3.05, 3.63) is 11.4 Å². The van der Waals surface area contributed by atoms with E-state index in [1.807, 2.05) is 0 Å². The van der Waals surface area contributed by atoms with Gasteiger partial charge in [0, 0.05) is 19.6 Å². The molecule has 1 aromatic heterocycles. The average Bonchev–Trinajstić information content (AvgIpc) is 3.23. The molecule has 0 spiro atoms. The maximum Gasteiger partial charge on any atom is 0.273 e. The number of aromatic amines is 1. The van der Waals surface area contributed by atoms with Crippen molar-refractivity contribution in [1.29, 1.82) is 0 Å². The molecular weight excluding hydrogens is 268 g/mol. The number of H-pyrrole nitrogens is 1. The Hall–Kier alpha value is -1.43. The first-order chi connectivity index (χ1) is 10.1. The molecule has 6 heteroatoms. The predicted octanol–water partition coefficient (Wildman–Crippen LogP) is 2.01. The fourth-order valence-electron chi connectivity index (χ4n) is 3.13. The average molecular weight is 292 g/mol. The second-order valence-corrected chi connectivity index (χ2v) is 6.76. The first-order valence-corrected chi connectivity index (χ1v) is 7.83. The third kappa shape index (κ3) is 3.26. The molecule has 1 aromatic rings. The molecule has 21 heavy (non-hydrogen) atoms. The van der Waals surface area contributed by atoms with Crippen molar-refractivity contribution >= 4 is 5.91 Å². The Balaban J connectivity index is 1.55. The van der Waals surface area contributed by atoms with E-state index in [0.717, 1.165) is 44.2 Å². The van der Waals surface area contributed by atoms with Gasteiger partial charge in [-0.3, -0.25) is 4.79 Å². The molecule has 6 nitrogen and oxygen atoms in total. The second-order valence-electron chi connectivity index (χ2n) is 6.76. The molecule has 3 rings (SSSR count). The van der Waals surface area contributed by atoms with Gasteiger partial charge in [-0.15, -0.1) is 0 Å². The minimum Gasteiger partial charge on any atom is -0.381 e. The lowest BCUT2D eigenvalue weighted by molar-refractivity contribution is 0.0322. The highest BCUT2D eigenvalue weighted by Crippen LogP contribution is 2.40. The largest absolute Gasteiger partial charge is 0.381 e. The number of ether oxygens (including phenoxy) is 1. The fourth-order valence-corrected chi connectivity index (χ4v) is 3.13. The van der Waals surface area contributed by atoms with Crippen LogP contribution in [0, 0.1) is 5.41 Å². The molecule has 0 aromatic carbocycles. The summed E-state index contributed by atoms with van der Waals surface area (Å²) in [6.07, 6.45) is 6.91. The van der Waals surface area contributed by atoms with Gasteiger partial charge in [0.05, 0.1) is 11.8 Å². The van der Waals surface area contributed by atoms with Crippen LogP contribution in [-0.2, 0) is 4.74 Å². The van der Waals surface area contributed by atoms with Crippen molar-refractivity contribution in [2.45, 2.75) is 57.5 Å². The van der Waals surface area contributed by atoms with Gasteiger partial charge >= 0.3 is 0 Å². The quantitative estimate of drug-likeness (QED) is 0.870. The van der Waals surface area contributed by atoms with E-state index in [2.05, 4.69) is 27.7 Å². The lowest BCUT2D eigenvalue weighted by Crippen LogP contribution is -2.39. The highest BCUT2D eigenvalue weighted by atomic mass is 16.5. The van der Waals surface area contributed by atoms with Crippen LogP contribution in [-0.4, -0.2) is 41.1 Å². The number of carbonyl (C=O) groups is 1. The Morgan fingerprint density at radius 3 is 2.67 bits per heavy atom. The number of nitrogens with zero attached hydrogens (tertiary/aromatic N) is 2. The van der Waals surface area contributed by atoms with Crippen LogP contribution in [0.25, 0.3) is 0 Å². The predicted molar refractivity (Wildman–Crippen MR) is 78.1 cm³/mol. The lowest BCUT2D eigenvalue weighted by Gasteiger charge is -2.36. The van der Waals surface area contributed by atoms with Crippen LogP contribution in [0.15, 0.2) is 0 Å². The molecule has 1 amide bonds. The van der Waals surface area contributed by atoms with Gasteiger partial charge in [-0.2, -0.15) is 15.4 Å². The summed E-state index contributed by atoms with van der Waals surface area (Å²) in [6, 6.07) is 0. The van der Waals surface area contributed by atoms with Gasteiger partial charge in [0.2, 0.25) is 0 Å². The maximum atomic E-state index is 12.3. The Morgan fingerprint density at radius 2 is 2.05 bits per heavy atom. The van der Waals surface area contributed by atoms with E-state index in [4.69, 9.17) is 4.74 Å². The van der Waals surface area contributed by atoms with Crippen molar-refractivity contribution in [3.8, 4) is 0 Å². The molecule has 2 N–H and O–H groups in total. The molecule has 2 saturated carbocycles. The Bertz CT molecular complexity index is 502. The number of nitrogens with one attached hydrogen (secondary N) is 2. The summed E-state index contributed by atoms with van der Waals surface area (Å²) in [4.78, 5) is 12.3. The summed E-state index contributed by atoms with van der Waals surface area (Å²) in [7, 11) is 1.78. The molecule has 0 aliphatic heterocycles. The zero-order valence-electron chi connectivity index (χ0n) is 12.8. The SMILES string of the molecule is COC1CCC(C)(CNC(=O)c2n[nH]nc2C2CC2)CC1. The van der Waals surface area contributed by atoms with Gasteiger partial charge in [-0.1, -0.05) is 6.92 Å². The first-order valence-electron chi connectivity index (χ1n) is 7.83. The standard InChI is InChI=1S/C15H24N4O2/c1-15(7-5-11(21-2)6-8-15)9-16-14(20)13-12(10-3-4-10)17-19-18-13/h10-11H,3-9H2,1-2H3,(H,16,20)(H,17,18,19). The number of hydrogen-bond donors (Lipinski definition) is 2. The van der Waals surface area contributed by atoms with Crippen molar-refractivity contribution in [2.24, 2.45) is 5.41 Å². The summed E-state index contributed by atoms with van der Waals surface area (Å²) in [5.74, 6) is 0.331. The van der Waals surface area contributed by atoms with E-state index in [9.17, 15) is 4.79 Å². The van der Waals surface area contributed by atoms with Crippen LogP contribution < -0.4 is 5.32 Å². The Morgan fingerprint density at radius 1 is 1.33 bits per heavy atom. The number of aromatic nitrogens is 3. The van der Waals surface area contributed by atoms with Crippen molar-refractivity contribution in [1.82, 2.24) is 20.7 Å². The number of methoxy groups -OCH3 is 1. The number of rotatable bonds is 5. The van der Waals surface area contributed by atoms with Crippen LogP contribution >= 0.6 is 0 Å². The summed E-state index contributed by atoms with van der Waals surface area (Å²) in [6.45, 7) is 2.93. The van der Waals surface area contributed by atoms with Gasteiger partial charge in [-0.05, 0) is 43.9 Å². The minimum atomic E-state index is -0.0965. The van der Waals surface area contributed by atoms with Gasteiger partial charge in [-0.25, -0.2) is 0 Å². The molecule has 2 aliphatic carbocycles. The monoisotopic (exact) mass is 292 g/mol. The molecule has 0 unspecified atom stereocenters. The Labute approximate surface area is 125 Å². The van der Waals surface area contributed by atoms with Crippen molar-refractivity contribution in [3.63, 3.8) is 0 Å². The maximum absolute atomic E-state index is 12.3. The number of hydrogen-bond acceptors (Lipinski definition) is 4. The van der Waals surface area contributed by atoms with Crippen LogP contribution in [0.2, 0.25) is 0 Å². The molecule has 2 aliphatic rings. The topological polar surface area (TPSA) is 79.9 Å². The molecule has 0 radical (unpaired) electrons. The molecule has 2 fully saturated rings. The van der Waals surface area contributed by atoms with Crippen LogP contribution in [0.4, 0.5) is 0 Å². The molecule has 116 valence electrons. The number of amides is 1. The summed E-state index contributed by atoms with van der Waals surface area (Å²) in [5.41, 5.74) is 1.47. The van der Waals surface area contributed by atoms with E-state index < -0.39 is 0 Å². The molecule has 0 atom stereocenters. The normalized spacial score (nSPS) is 29.3. The van der Waals surface area contributed by atoms with Crippen LogP contribution in [0.1, 0.15) is 67.5 Å². The van der Waals surface area contributed by atoms with Gasteiger partial charge < -0.3 is 10.1 Å². The van der Waals surface area contributed by atoms with E-state index in [-0.39, 0.29) is 11.3 Å². The molecule has 1 heterocycles. The highest BCUT2D eigenvalue weighted by molar-refractivity contribution is 5.93. The Kier molecular flexibility index (Phi) is 3.97. The van der Waals surface area contributed by atoms with E-state index in [1.54, 1.807) is 7.11 Å². The van der Waals surface area contributed by atoms with Gasteiger partial charge in [0.25, 0.3) is 5.91 Å². The smallest absolute Gasteiger partial charge is 0.273 e. The van der Waals surface area contributed by atoms with E-state index in [1.165, 1.54) is 0 Å². The summed E-state index contributed by atoms with van der Waals surface area (Å²) >= 11 is 0. The second kappa shape index (κ2) is 5.75. The first kappa shape index (κ1) is 14.5. The summed E-state index contributed by atoms with van der Waals surface area (Å²) in [5, 5.41) is 13.8. The van der Waals surface area contributed by atoms with Gasteiger partial charge in [0.15, 0.2) is 5.69 Å². The lowest BCUT2D eigenvalue weighted by atomic mass is 9.74. The zero-order valence-corrected chi connectivity index (χ0v) is 12.8. The molecule has 0 bridgehead atoms. The van der Waals surface area contributed by atoms with Crippen LogP contribution in [0.3, 0.4) is 0 Å². The zero-order chi connectivity index (χ0) is 14.9. The van der Waals surface area contributed by atoms with Crippen molar-refractivity contribution in [2.75, 3.05) is 13.7 Å². The van der Waals surface area contributed by atoms with Gasteiger partial charge in [0.1, 0.15) is 0 Å². The fraction of sp³-hybridized carbons (Fsp3) is 0.800.